The standard InChI is InChI=1S/C13H19N3O3S/c1-8-11(13(18)19)20-10(16-8)7-15-12(17)9-5-3-2-4-6-14-9/h9,14H,2-7H2,1H3,(H,15,17)(H,18,19). The number of amides is 1. The van der Waals surface area contributed by atoms with Crippen molar-refractivity contribution < 1.29 is 14.7 Å². The molecule has 0 spiro atoms. The molecule has 0 bridgehead atoms. The van der Waals surface area contributed by atoms with Gasteiger partial charge in [-0.3, -0.25) is 4.79 Å². The summed E-state index contributed by atoms with van der Waals surface area (Å²) in [6.45, 7) is 2.82. The van der Waals surface area contributed by atoms with Crippen molar-refractivity contribution in [2.75, 3.05) is 6.54 Å². The zero-order chi connectivity index (χ0) is 14.5. The van der Waals surface area contributed by atoms with Crippen molar-refractivity contribution in [2.24, 2.45) is 0 Å². The summed E-state index contributed by atoms with van der Waals surface area (Å²) in [6, 6.07) is -0.141. The summed E-state index contributed by atoms with van der Waals surface area (Å²) in [4.78, 5) is 27.4. The summed E-state index contributed by atoms with van der Waals surface area (Å²) >= 11 is 1.11. The molecule has 6 nitrogen and oxygen atoms in total. The molecular formula is C13H19N3O3S. The number of rotatable bonds is 4. The molecular weight excluding hydrogens is 278 g/mol. The zero-order valence-corrected chi connectivity index (χ0v) is 12.3. The van der Waals surface area contributed by atoms with E-state index in [1.54, 1.807) is 6.92 Å². The Hall–Kier alpha value is -1.47. The molecule has 1 aliphatic heterocycles. The van der Waals surface area contributed by atoms with Crippen LogP contribution in [0.4, 0.5) is 0 Å². The Bertz CT molecular complexity index is 493. The minimum atomic E-state index is -0.969. The SMILES string of the molecule is Cc1nc(CNC(=O)C2CCCCCN2)sc1C(=O)O. The second kappa shape index (κ2) is 6.81. The van der Waals surface area contributed by atoms with Crippen LogP contribution in [0.2, 0.25) is 0 Å². The lowest BCUT2D eigenvalue weighted by atomic mass is 10.1. The van der Waals surface area contributed by atoms with E-state index in [1.165, 1.54) is 0 Å². The highest BCUT2D eigenvalue weighted by atomic mass is 32.1. The van der Waals surface area contributed by atoms with Gasteiger partial charge in [0.15, 0.2) is 0 Å². The Morgan fingerprint density at radius 1 is 1.45 bits per heavy atom. The summed E-state index contributed by atoms with van der Waals surface area (Å²) in [5, 5.41) is 15.7. The van der Waals surface area contributed by atoms with Gasteiger partial charge in [0.1, 0.15) is 9.88 Å². The van der Waals surface area contributed by atoms with Crippen molar-refractivity contribution >= 4 is 23.2 Å². The molecule has 0 radical (unpaired) electrons. The first-order chi connectivity index (χ1) is 9.58. The number of aromatic carboxylic acids is 1. The van der Waals surface area contributed by atoms with Crippen LogP contribution in [0.25, 0.3) is 0 Å². The van der Waals surface area contributed by atoms with Gasteiger partial charge in [-0.2, -0.15) is 0 Å². The lowest BCUT2D eigenvalue weighted by molar-refractivity contribution is -0.123. The number of nitrogens with zero attached hydrogens (tertiary/aromatic N) is 1. The lowest BCUT2D eigenvalue weighted by Gasteiger charge is -2.14. The molecule has 0 aliphatic carbocycles. The van der Waals surface area contributed by atoms with Crippen LogP contribution in [0.5, 0.6) is 0 Å². The molecule has 7 heteroatoms. The molecule has 1 fully saturated rings. The van der Waals surface area contributed by atoms with E-state index in [4.69, 9.17) is 5.11 Å². The summed E-state index contributed by atoms with van der Waals surface area (Å²) in [5.74, 6) is -1.00. The van der Waals surface area contributed by atoms with Crippen molar-refractivity contribution in [3.8, 4) is 0 Å². The number of aromatic nitrogens is 1. The van der Waals surface area contributed by atoms with Crippen LogP contribution in [0.15, 0.2) is 0 Å². The first kappa shape index (κ1) is 14.9. The van der Waals surface area contributed by atoms with Gasteiger partial charge >= 0.3 is 5.97 Å². The van der Waals surface area contributed by atoms with E-state index >= 15 is 0 Å². The molecule has 1 saturated heterocycles. The fraction of sp³-hybridized carbons (Fsp3) is 0.615. The van der Waals surface area contributed by atoms with Gasteiger partial charge in [-0.1, -0.05) is 12.8 Å². The van der Waals surface area contributed by atoms with E-state index in [2.05, 4.69) is 15.6 Å². The zero-order valence-electron chi connectivity index (χ0n) is 11.4. The maximum atomic E-state index is 12.0. The average molecular weight is 297 g/mol. The molecule has 1 unspecified atom stereocenters. The third kappa shape index (κ3) is 3.77. The number of hydrogen-bond acceptors (Lipinski definition) is 5. The number of thiazole rings is 1. The molecule has 20 heavy (non-hydrogen) atoms. The predicted molar refractivity (Wildman–Crippen MR) is 75.9 cm³/mol. The van der Waals surface area contributed by atoms with Crippen LogP contribution in [-0.2, 0) is 11.3 Å². The third-order valence-corrected chi connectivity index (χ3v) is 4.47. The van der Waals surface area contributed by atoms with E-state index in [-0.39, 0.29) is 23.4 Å². The van der Waals surface area contributed by atoms with Gasteiger partial charge in [0, 0.05) is 0 Å². The second-order valence-electron chi connectivity index (χ2n) is 4.90. The van der Waals surface area contributed by atoms with Crippen molar-refractivity contribution in [3.05, 3.63) is 15.6 Å². The summed E-state index contributed by atoms with van der Waals surface area (Å²) in [5.41, 5.74) is 0.499. The highest BCUT2D eigenvalue weighted by molar-refractivity contribution is 7.13. The molecule has 2 rings (SSSR count). The Morgan fingerprint density at radius 3 is 2.95 bits per heavy atom. The first-order valence-corrected chi connectivity index (χ1v) is 7.60. The topological polar surface area (TPSA) is 91.3 Å². The average Bonchev–Trinajstić information content (AvgIpc) is 2.64. The molecule has 3 N–H and O–H groups in total. The van der Waals surface area contributed by atoms with E-state index in [0.29, 0.717) is 10.7 Å². The van der Waals surface area contributed by atoms with Gasteiger partial charge in [0.05, 0.1) is 18.3 Å². The smallest absolute Gasteiger partial charge is 0.347 e. The highest BCUT2D eigenvalue weighted by Crippen LogP contribution is 2.18. The third-order valence-electron chi connectivity index (χ3n) is 3.33. The number of aryl methyl sites for hydroxylation is 1. The molecule has 1 aliphatic rings. The van der Waals surface area contributed by atoms with Crippen LogP contribution in [0.3, 0.4) is 0 Å². The molecule has 0 saturated carbocycles. The Balaban J connectivity index is 1.89. The van der Waals surface area contributed by atoms with Gasteiger partial charge in [0.2, 0.25) is 5.91 Å². The summed E-state index contributed by atoms with van der Waals surface area (Å²) in [7, 11) is 0. The summed E-state index contributed by atoms with van der Waals surface area (Å²) < 4.78 is 0. The molecule has 1 aromatic heterocycles. The second-order valence-corrected chi connectivity index (χ2v) is 5.98. The van der Waals surface area contributed by atoms with Gasteiger partial charge in [-0.25, -0.2) is 9.78 Å². The number of carbonyl (C=O) groups excluding carboxylic acids is 1. The van der Waals surface area contributed by atoms with E-state index in [9.17, 15) is 9.59 Å². The molecule has 1 amide bonds. The van der Waals surface area contributed by atoms with E-state index < -0.39 is 5.97 Å². The fourth-order valence-electron chi connectivity index (χ4n) is 2.26. The minimum absolute atomic E-state index is 0.0309. The number of nitrogens with one attached hydrogen (secondary N) is 2. The number of hydrogen-bond donors (Lipinski definition) is 3. The Labute approximate surface area is 121 Å². The van der Waals surface area contributed by atoms with Crippen molar-refractivity contribution in [2.45, 2.75) is 45.2 Å². The maximum absolute atomic E-state index is 12.0. The van der Waals surface area contributed by atoms with Gasteiger partial charge < -0.3 is 15.7 Å². The maximum Gasteiger partial charge on any atom is 0.347 e. The van der Waals surface area contributed by atoms with Gasteiger partial charge in [-0.05, 0) is 26.3 Å². The molecule has 0 aromatic carbocycles. The normalized spacial score (nSPS) is 19.4. The van der Waals surface area contributed by atoms with Crippen LogP contribution in [0, 0.1) is 6.92 Å². The van der Waals surface area contributed by atoms with E-state index in [0.717, 1.165) is 43.6 Å². The lowest BCUT2D eigenvalue weighted by Crippen LogP contribution is -2.43. The molecule has 110 valence electrons. The largest absolute Gasteiger partial charge is 0.477 e. The quantitative estimate of drug-likeness (QED) is 0.779. The highest BCUT2D eigenvalue weighted by Gasteiger charge is 2.20. The fourth-order valence-corrected chi connectivity index (χ4v) is 3.11. The number of carbonyl (C=O) groups is 2. The minimum Gasteiger partial charge on any atom is -0.477 e. The first-order valence-electron chi connectivity index (χ1n) is 6.78. The number of carboxylic acids is 1. The van der Waals surface area contributed by atoms with Crippen molar-refractivity contribution in [1.29, 1.82) is 0 Å². The molecule has 1 atom stereocenters. The Kier molecular flexibility index (Phi) is 5.08. The van der Waals surface area contributed by atoms with Crippen LogP contribution in [0.1, 0.15) is 46.1 Å². The summed E-state index contributed by atoms with van der Waals surface area (Å²) in [6.07, 6.45) is 4.18. The monoisotopic (exact) mass is 297 g/mol. The van der Waals surface area contributed by atoms with E-state index in [1.807, 2.05) is 0 Å². The number of carboxylic acid groups (broad SMARTS) is 1. The van der Waals surface area contributed by atoms with Crippen LogP contribution in [-0.4, -0.2) is 34.6 Å². The Morgan fingerprint density at radius 2 is 2.25 bits per heavy atom. The van der Waals surface area contributed by atoms with Crippen LogP contribution >= 0.6 is 11.3 Å². The predicted octanol–water partition coefficient (Wildman–Crippen LogP) is 1.30. The van der Waals surface area contributed by atoms with Crippen molar-refractivity contribution in [3.63, 3.8) is 0 Å². The molecule has 1 aromatic rings. The van der Waals surface area contributed by atoms with Crippen molar-refractivity contribution in [1.82, 2.24) is 15.6 Å². The van der Waals surface area contributed by atoms with Gasteiger partial charge in [0.25, 0.3) is 0 Å². The van der Waals surface area contributed by atoms with Gasteiger partial charge in [-0.15, -0.1) is 11.3 Å². The van der Waals surface area contributed by atoms with Crippen LogP contribution < -0.4 is 10.6 Å². The molecule has 2 heterocycles.